The first-order valence-electron chi connectivity index (χ1n) is 11.3. The zero-order chi connectivity index (χ0) is 22.6. The number of nitrogens with one attached hydrogen (secondary N) is 3. The number of aromatic nitrogens is 1. The van der Waals surface area contributed by atoms with Gasteiger partial charge in [-0.2, -0.15) is 0 Å². The molecule has 4 nitrogen and oxygen atoms in total. The van der Waals surface area contributed by atoms with Crippen molar-refractivity contribution in [1.29, 1.82) is 0 Å². The predicted octanol–water partition coefficient (Wildman–Crippen LogP) is 5.96. The molecular weight excluding hydrogens is 426 g/mol. The SMILES string of the molecule is C[C@H](NC(=O)[C@@H](Cc1c[nH]c2ccccc12)NCc1cc2ccccc2s1)c1ccccc1. The fourth-order valence-electron chi connectivity index (χ4n) is 4.26. The van der Waals surface area contributed by atoms with E-state index in [4.69, 9.17) is 0 Å². The third kappa shape index (κ3) is 4.85. The van der Waals surface area contributed by atoms with Crippen LogP contribution in [0.2, 0.25) is 0 Å². The molecule has 0 saturated heterocycles. The molecule has 1 amide bonds. The molecule has 0 aliphatic rings. The van der Waals surface area contributed by atoms with Crippen molar-refractivity contribution in [3.63, 3.8) is 0 Å². The second kappa shape index (κ2) is 9.61. The van der Waals surface area contributed by atoms with Crippen LogP contribution in [0.1, 0.15) is 29.0 Å². The summed E-state index contributed by atoms with van der Waals surface area (Å²) in [6.07, 6.45) is 2.63. The topological polar surface area (TPSA) is 56.9 Å². The van der Waals surface area contributed by atoms with Crippen LogP contribution in [0.5, 0.6) is 0 Å². The number of aromatic amines is 1. The van der Waals surface area contributed by atoms with Gasteiger partial charge in [0.15, 0.2) is 0 Å². The van der Waals surface area contributed by atoms with E-state index in [2.05, 4.69) is 58.1 Å². The largest absolute Gasteiger partial charge is 0.361 e. The number of carbonyl (C=O) groups is 1. The van der Waals surface area contributed by atoms with Gasteiger partial charge in [0, 0.05) is 33.2 Å². The van der Waals surface area contributed by atoms with Gasteiger partial charge in [-0.15, -0.1) is 11.3 Å². The van der Waals surface area contributed by atoms with Crippen LogP contribution in [0.4, 0.5) is 0 Å². The molecule has 0 saturated carbocycles. The molecule has 0 aliphatic heterocycles. The summed E-state index contributed by atoms with van der Waals surface area (Å²) in [6, 6.07) is 28.5. The smallest absolute Gasteiger partial charge is 0.237 e. The normalized spacial score (nSPS) is 13.2. The van der Waals surface area contributed by atoms with Crippen molar-refractivity contribution in [1.82, 2.24) is 15.6 Å². The second-order valence-corrected chi connectivity index (χ2v) is 9.56. The highest BCUT2D eigenvalue weighted by atomic mass is 32.1. The number of hydrogen-bond acceptors (Lipinski definition) is 3. The zero-order valence-electron chi connectivity index (χ0n) is 18.5. The van der Waals surface area contributed by atoms with Crippen molar-refractivity contribution in [3.8, 4) is 0 Å². The molecule has 0 bridgehead atoms. The van der Waals surface area contributed by atoms with E-state index in [1.165, 1.54) is 15.0 Å². The summed E-state index contributed by atoms with van der Waals surface area (Å²) in [6.45, 7) is 2.68. The van der Waals surface area contributed by atoms with Crippen LogP contribution in [0.3, 0.4) is 0 Å². The summed E-state index contributed by atoms with van der Waals surface area (Å²) in [5.74, 6) is 0.0118. The van der Waals surface area contributed by atoms with Gasteiger partial charge in [0.05, 0.1) is 12.1 Å². The molecule has 3 N–H and O–H groups in total. The Bertz CT molecular complexity index is 1340. The van der Waals surface area contributed by atoms with Gasteiger partial charge in [0.1, 0.15) is 0 Å². The highest BCUT2D eigenvalue weighted by Crippen LogP contribution is 2.25. The maximum absolute atomic E-state index is 13.4. The van der Waals surface area contributed by atoms with Gasteiger partial charge in [0.2, 0.25) is 5.91 Å². The third-order valence-electron chi connectivity index (χ3n) is 6.07. The zero-order valence-corrected chi connectivity index (χ0v) is 19.4. The average molecular weight is 454 g/mol. The van der Waals surface area contributed by atoms with Crippen LogP contribution < -0.4 is 10.6 Å². The molecule has 0 fully saturated rings. The Labute approximate surface area is 197 Å². The first-order valence-corrected chi connectivity index (χ1v) is 12.1. The molecule has 2 heterocycles. The number of fused-ring (bicyclic) bond motifs is 2. The highest BCUT2D eigenvalue weighted by Gasteiger charge is 2.22. The van der Waals surface area contributed by atoms with Gasteiger partial charge in [-0.25, -0.2) is 0 Å². The summed E-state index contributed by atoms with van der Waals surface area (Å²) in [4.78, 5) is 18.0. The number of amides is 1. The van der Waals surface area contributed by atoms with Crippen molar-refractivity contribution >= 4 is 38.2 Å². The van der Waals surface area contributed by atoms with E-state index < -0.39 is 0 Å². The lowest BCUT2D eigenvalue weighted by atomic mass is 10.0. The van der Waals surface area contributed by atoms with Crippen molar-refractivity contribution < 1.29 is 4.79 Å². The first-order chi connectivity index (χ1) is 16.2. The Balaban J connectivity index is 1.36. The lowest BCUT2D eigenvalue weighted by Crippen LogP contribution is -2.46. The van der Waals surface area contributed by atoms with Crippen LogP contribution >= 0.6 is 11.3 Å². The van der Waals surface area contributed by atoms with Gasteiger partial charge in [0.25, 0.3) is 0 Å². The number of hydrogen-bond donors (Lipinski definition) is 3. The maximum atomic E-state index is 13.4. The van der Waals surface area contributed by atoms with Crippen molar-refractivity contribution in [2.24, 2.45) is 0 Å². The van der Waals surface area contributed by atoms with Crippen molar-refractivity contribution in [3.05, 3.63) is 107 Å². The molecule has 5 heteroatoms. The van der Waals surface area contributed by atoms with Crippen molar-refractivity contribution in [2.75, 3.05) is 0 Å². The fourth-order valence-corrected chi connectivity index (χ4v) is 5.28. The predicted molar refractivity (Wildman–Crippen MR) is 137 cm³/mol. The van der Waals surface area contributed by atoms with Crippen LogP contribution in [0, 0.1) is 0 Å². The standard InChI is InChI=1S/C28H27N3OS/c1-19(20-9-3-2-4-10-20)31-28(32)26(16-22-17-29-25-13-7-6-12-24(22)25)30-18-23-15-21-11-5-8-14-27(21)33-23/h2-15,17,19,26,29-30H,16,18H2,1H3,(H,31,32)/t19-,26+/m0/s1. The molecule has 5 rings (SSSR count). The van der Waals surface area contributed by atoms with Crippen LogP contribution in [-0.4, -0.2) is 16.9 Å². The number of para-hydroxylation sites is 1. The molecule has 0 radical (unpaired) electrons. The van der Waals surface area contributed by atoms with E-state index >= 15 is 0 Å². The summed E-state index contributed by atoms with van der Waals surface area (Å²) in [5, 5.41) is 9.16. The molecule has 5 aromatic rings. The van der Waals surface area contributed by atoms with E-state index in [1.807, 2.05) is 55.6 Å². The van der Waals surface area contributed by atoms with Crippen molar-refractivity contribution in [2.45, 2.75) is 32.0 Å². The Hall–Kier alpha value is -3.41. The average Bonchev–Trinajstić information content (AvgIpc) is 3.46. The summed E-state index contributed by atoms with van der Waals surface area (Å²) < 4.78 is 1.27. The van der Waals surface area contributed by atoms with Gasteiger partial charge in [-0.3, -0.25) is 4.79 Å². The lowest BCUT2D eigenvalue weighted by Gasteiger charge is -2.21. The van der Waals surface area contributed by atoms with Gasteiger partial charge in [-0.05, 0) is 48.1 Å². The molecule has 0 spiro atoms. The van der Waals surface area contributed by atoms with Gasteiger partial charge >= 0.3 is 0 Å². The quantitative estimate of drug-likeness (QED) is 0.271. The molecule has 2 atom stereocenters. The van der Waals surface area contributed by atoms with Crippen LogP contribution in [0.25, 0.3) is 21.0 Å². The van der Waals surface area contributed by atoms with E-state index in [1.54, 1.807) is 11.3 Å². The molecule has 0 unspecified atom stereocenters. The minimum absolute atomic E-state index is 0.0118. The number of H-pyrrole nitrogens is 1. The Morgan fingerprint density at radius 1 is 0.970 bits per heavy atom. The first kappa shape index (κ1) is 21.4. The molecule has 33 heavy (non-hydrogen) atoms. The third-order valence-corrected chi connectivity index (χ3v) is 7.19. The molecule has 2 aromatic heterocycles. The van der Waals surface area contributed by atoms with Gasteiger partial charge < -0.3 is 15.6 Å². The van der Waals surface area contributed by atoms with Crippen LogP contribution in [0.15, 0.2) is 91.1 Å². The monoisotopic (exact) mass is 453 g/mol. The number of rotatable bonds is 8. The van der Waals surface area contributed by atoms with Crippen LogP contribution in [-0.2, 0) is 17.8 Å². The highest BCUT2D eigenvalue weighted by molar-refractivity contribution is 7.19. The summed E-state index contributed by atoms with van der Waals surface area (Å²) in [5.41, 5.74) is 3.33. The minimum atomic E-state index is -0.347. The number of thiophene rings is 1. The van der Waals surface area contributed by atoms with Gasteiger partial charge in [-0.1, -0.05) is 66.7 Å². The minimum Gasteiger partial charge on any atom is -0.361 e. The van der Waals surface area contributed by atoms with E-state index in [9.17, 15) is 4.79 Å². The van der Waals surface area contributed by atoms with E-state index in [0.717, 1.165) is 22.0 Å². The fraction of sp³-hybridized carbons (Fsp3) is 0.179. The van der Waals surface area contributed by atoms with E-state index in [0.29, 0.717) is 13.0 Å². The second-order valence-electron chi connectivity index (χ2n) is 8.39. The Kier molecular flexibility index (Phi) is 6.24. The Morgan fingerprint density at radius 3 is 2.58 bits per heavy atom. The lowest BCUT2D eigenvalue weighted by molar-refractivity contribution is -0.123. The molecule has 166 valence electrons. The maximum Gasteiger partial charge on any atom is 0.237 e. The molecular formula is C28H27N3OS. The summed E-state index contributed by atoms with van der Waals surface area (Å²) in [7, 11) is 0. The summed E-state index contributed by atoms with van der Waals surface area (Å²) >= 11 is 1.77. The molecule has 3 aromatic carbocycles. The number of carbonyl (C=O) groups excluding carboxylic acids is 1. The molecule has 0 aliphatic carbocycles. The Morgan fingerprint density at radius 2 is 1.73 bits per heavy atom. The van der Waals surface area contributed by atoms with E-state index in [-0.39, 0.29) is 18.0 Å². The number of benzene rings is 3.